The van der Waals surface area contributed by atoms with Crippen molar-refractivity contribution in [3.63, 3.8) is 0 Å². The number of aromatic amines is 2. The highest BCUT2D eigenvalue weighted by atomic mass is 16.4. The first kappa shape index (κ1) is 21.1. The van der Waals surface area contributed by atoms with E-state index < -0.39 is 35.9 Å². The molecule has 30 heavy (non-hydrogen) atoms. The summed E-state index contributed by atoms with van der Waals surface area (Å²) in [5.41, 5.74) is 8.14. The lowest BCUT2D eigenvalue weighted by Crippen LogP contribution is -2.54. The molecule has 2 amide bonds. The molecule has 0 aliphatic carbocycles. The molecule has 0 fully saturated rings. The molecule has 1 aromatic carbocycles. The van der Waals surface area contributed by atoms with Crippen LogP contribution in [0.2, 0.25) is 0 Å². The van der Waals surface area contributed by atoms with Gasteiger partial charge < -0.3 is 31.4 Å². The van der Waals surface area contributed by atoms with E-state index >= 15 is 0 Å². The molecule has 3 aromatic rings. The van der Waals surface area contributed by atoms with Crippen molar-refractivity contribution in [1.29, 1.82) is 0 Å². The summed E-state index contributed by atoms with van der Waals surface area (Å²) in [6.45, 7) is 1.47. The zero-order valence-corrected chi connectivity index (χ0v) is 16.4. The first-order valence-corrected chi connectivity index (χ1v) is 9.47. The largest absolute Gasteiger partial charge is 0.480 e. The molecular formula is C20H24N6O4. The van der Waals surface area contributed by atoms with Crippen molar-refractivity contribution in [2.24, 2.45) is 5.73 Å². The molecule has 2 aromatic heterocycles. The maximum atomic E-state index is 12.5. The van der Waals surface area contributed by atoms with Gasteiger partial charge in [0.25, 0.3) is 0 Å². The fourth-order valence-electron chi connectivity index (χ4n) is 3.12. The number of imidazole rings is 1. The van der Waals surface area contributed by atoms with Crippen LogP contribution in [0, 0.1) is 0 Å². The van der Waals surface area contributed by atoms with Crippen LogP contribution in [0.15, 0.2) is 43.0 Å². The molecule has 2 heterocycles. The number of benzene rings is 1. The van der Waals surface area contributed by atoms with E-state index in [0.29, 0.717) is 5.69 Å². The number of H-pyrrole nitrogens is 2. The summed E-state index contributed by atoms with van der Waals surface area (Å²) in [4.78, 5) is 46.2. The molecule has 0 radical (unpaired) electrons. The van der Waals surface area contributed by atoms with E-state index in [-0.39, 0.29) is 12.8 Å². The van der Waals surface area contributed by atoms with Crippen LogP contribution in [-0.4, -0.2) is 56.0 Å². The van der Waals surface area contributed by atoms with Crippen LogP contribution >= 0.6 is 0 Å². The number of nitrogens with one attached hydrogen (secondary N) is 4. The van der Waals surface area contributed by atoms with Gasteiger partial charge in [-0.15, -0.1) is 0 Å². The highest BCUT2D eigenvalue weighted by Crippen LogP contribution is 2.19. The lowest BCUT2D eigenvalue weighted by atomic mass is 10.0. The van der Waals surface area contributed by atoms with Crippen molar-refractivity contribution >= 4 is 28.7 Å². The number of aromatic nitrogens is 3. The molecule has 0 aliphatic heterocycles. The fourth-order valence-corrected chi connectivity index (χ4v) is 3.12. The third kappa shape index (κ3) is 5.03. The Labute approximate surface area is 172 Å². The molecule has 10 heteroatoms. The van der Waals surface area contributed by atoms with Gasteiger partial charge in [0.15, 0.2) is 0 Å². The van der Waals surface area contributed by atoms with Gasteiger partial charge in [-0.1, -0.05) is 18.2 Å². The smallest absolute Gasteiger partial charge is 0.326 e. The van der Waals surface area contributed by atoms with Crippen molar-refractivity contribution in [2.75, 3.05) is 0 Å². The van der Waals surface area contributed by atoms with E-state index in [9.17, 15) is 19.5 Å². The Morgan fingerprint density at radius 3 is 2.60 bits per heavy atom. The minimum absolute atomic E-state index is 0.102. The average molecular weight is 412 g/mol. The zero-order chi connectivity index (χ0) is 21.7. The van der Waals surface area contributed by atoms with Crippen molar-refractivity contribution in [2.45, 2.75) is 37.9 Å². The molecule has 3 atom stereocenters. The Morgan fingerprint density at radius 1 is 1.13 bits per heavy atom. The number of carbonyl (C=O) groups excluding carboxylic acids is 2. The molecule has 10 nitrogen and oxygen atoms in total. The van der Waals surface area contributed by atoms with Crippen LogP contribution in [0.3, 0.4) is 0 Å². The summed E-state index contributed by atoms with van der Waals surface area (Å²) in [6, 6.07) is 4.52. The minimum atomic E-state index is -1.16. The number of aliphatic carboxylic acids is 1. The van der Waals surface area contributed by atoms with E-state index in [0.717, 1.165) is 16.5 Å². The van der Waals surface area contributed by atoms with Crippen LogP contribution in [0.25, 0.3) is 10.9 Å². The SMILES string of the molecule is C[C@H](NC(=O)[C@@H](N)Cc1c[nH]cn1)C(=O)N[C@@H](Cc1c[nH]c2ccccc12)C(=O)O. The van der Waals surface area contributed by atoms with Gasteiger partial charge in [0, 0.05) is 36.1 Å². The maximum absolute atomic E-state index is 12.5. The van der Waals surface area contributed by atoms with Gasteiger partial charge in [0.1, 0.15) is 12.1 Å². The van der Waals surface area contributed by atoms with E-state index in [1.165, 1.54) is 13.3 Å². The molecule has 0 bridgehead atoms. The Bertz CT molecular complexity index is 1030. The standard InChI is InChI=1S/C20H24N6O4/c1-11(25-19(28)15(21)7-13-9-22-10-24-13)18(27)26-17(20(29)30)6-12-8-23-16-5-3-2-4-14(12)16/h2-5,8-11,15,17,23H,6-7,21H2,1H3,(H,22,24)(H,25,28)(H,26,27)(H,29,30)/t11-,15-,17-/m0/s1. The molecule has 0 spiro atoms. The number of hydrogen-bond donors (Lipinski definition) is 6. The first-order chi connectivity index (χ1) is 14.3. The van der Waals surface area contributed by atoms with Crippen molar-refractivity contribution < 1.29 is 19.5 Å². The summed E-state index contributed by atoms with van der Waals surface area (Å²) in [5.74, 6) is -2.30. The number of carboxylic acid groups (broad SMARTS) is 1. The third-order valence-electron chi connectivity index (χ3n) is 4.79. The number of fused-ring (bicyclic) bond motifs is 1. The van der Waals surface area contributed by atoms with Gasteiger partial charge in [-0.2, -0.15) is 0 Å². The third-order valence-corrected chi connectivity index (χ3v) is 4.79. The topological polar surface area (TPSA) is 166 Å². The van der Waals surface area contributed by atoms with Crippen molar-refractivity contribution in [3.05, 3.63) is 54.2 Å². The molecular weight excluding hydrogens is 388 g/mol. The second-order valence-corrected chi connectivity index (χ2v) is 7.06. The summed E-state index contributed by atoms with van der Waals surface area (Å²) in [5, 5.41) is 15.4. The highest BCUT2D eigenvalue weighted by Gasteiger charge is 2.26. The second kappa shape index (κ2) is 9.23. The predicted molar refractivity (Wildman–Crippen MR) is 109 cm³/mol. The minimum Gasteiger partial charge on any atom is -0.480 e. The number of hydrogen-bond acceptors (Lipinski definition) is 5. The monoisotopic (exact) mass is 412 g/mol. The quantitative estimate of drug-likeness (QED) is 0.291. The van der Waals surface area contributed by atoms with Gasteiger partial charge in [0.05, 0.1) is 18.1 Å². The van der Waals surface area contributed by atoms with Gasteiger partial charge in [0.2, 0.25) is 11.8 Å². The van der Waals surface area contributed by atoms with Crippen LogP contribution in [-0.2, 0) is 27.2 Å². The van der Waals surface area contributed by atoms with E-state index in [2.05, 4.69) is 25.6 Å². The van der Waals surface area contributed by atoms with Crippen molar-refractivity contribution in [3.8, 4) is 0 Å². The summed E-state index contributed by atoms with van der Waals surface area (Å²) in [7, 11) is 0. The summed E-state index contributed by atoms with van der Waals surface area (Å²) >= 11 is 0. The number of nitrogens with two attached hydrogens (primary N) is 1. The Kier molecular flexibility index (Phi) is 6.48. The Balaban J connectivity index is 1.58. The fraction of sp³-hybridized carbons (Fsp3) is 0.300. The van der Waals surface area contributed by atoms with Gasteiger partial charge in [-0.3, -0.25) is 9.59 Å². The number of nitrogens with zero attached hydrogens (tertiary/aromatic N) is 1. The molecule has 7 N–H and O–H groups in total. The van der Waals surface area contributed by atoms with Crippen LogP contribution in [0.4, 0.5) is 0 Å². The first-order valence-electron chi connectivity index (χ1n) is 9.47. The van der Waals surface area contributed by atoms with E-state index in [1.54, 1.807) is 12.4 Å². The number of carbonyl (C=O) groups is 3. The van der Waals surface area contributed by atoms with E-state index in [4.69, 9.17) is 5.73 Å². The van der Waals surface area contributed by atoms with E-state index in [1.807, 2.05) is 24.3 Å². The molecule has 3 rings (SSSR count). The maximum Gasteiger partial charge on any atom is 0.326 e. The number of rotatable bonds is 9. The zero-order valence-electron chi connectivity index (χ0n) is 16.4. The molecule has 0 saturated heterocycles. The molecule has 158 valence electrons. The molecule has 0 unspecified atom stereocenters. The van der Waals surface area contributed by atoms with Gasteiger partial charge >= 0.3 is 5.97 Å². The van der Waals surface area contributed by atoms with Crippen LogP contribution in [0.5, 0.6) is 0 Å². The normalized spacial score (nSPS) is 14.1. The Hall–Kier alpha value is -3.66. The average Bonchev–Trinajstić information content (AvgIpc) is 3.37. The predicted octanol–water partition coefficient (Wildman–Crippen LogP) is 0.0776. The molecule has 0 aliphatic rings. The lowest BCUT2D eigenvalue weighted by Gasteiger charge is -2.20. The Morgan fingerprint density at radius 2 is 1.90 bits per heavy atom. The molecule has 0 saturated carbocycles. The number of carboxylic acids is 1. The van der Waals surface area contributed by atoms with Gasteiger partial charge in [-0.05, 0) is 18.6 Å². The number of amides is 2. The van der Waals surface area contributed by atoms with Crippen LogP contribution in [0.1, 0.15) is 18.2 Å². The lowest BCUT2D eigenvalue weighted by molar-refractivity contribution is -0.142. The second-order valence-electron chi connectivity index (χ2n) is 7.06. The van der Waals surface area contributed by atoms with Crippen molar-refractivity contribution in [1.82, 2.24) is 25.6 Å². The number of para-hydroxylation sites is 1. The highest BCUT2D eigenvalue weighted by molar-refractivity contribution is 5.92. The van der Waals surface area contributed by atoms with Crippen LogP contribution < -0.4 is 16.4 Å². The van der Waals surface area contributed by atoms with Gasteiger partial charge in [-0.25, -0.2) is 9.78 Å². The summed E-state index contributed by atoms with van der Waals surface area (Å²) < 4.78 is 0. The summed E-state index contributed by atoms with van der Waals surface area (Å²) in [6.07, 6.45) is 5.15.